The van der Waals surface area contributed by atoms with Crippen molar-refractivity contribution in [3.63, 3.8) is 0 Å². The third-order valence-corrected chi connectivity index (χ3v) is 7.49. The molecule has 0 saturated carbocycles. The molecular weight excluding hydrogens is 477 g/mol. The first-order valence-electron chi connectivity index (χ1n) is 12.3. The number of hydrogen-bond donors (Lipinski definition) is 1. The molecule has 1 aliphatic heterocycles. The Morgan fingerprint density at radius 3 is 2.47 bits per heavy atom. The van der Waals surface area contributed by atoms with Gasteiger partial charge in [0.2, 0.25) is 5.91 Å². The standard InChI is InChI=1S/C28H32FN3O3S/c1-18-5-4-6-19(2)26(18)35-16-20(3)30-27(34)24-17-36-28(31-24)22-11-13-32(14-12-22)25(33)15-21-7-9-23(29)10-8-21/h4-10,17,20,22H,11-16H2,1-3H3,(H,30,34). The molecule has 2 amide bonds. The van der Waals surface area contributed by atoms with Crippen LogP contribution in [-0.4, -0.2) is 47.4 Å². The number of aromatic nitrogens is 1. The molecule has 2 heterocycles. The highest BCUT2D eigenvalue weighted by atomic mass is 32.1. The van der Waals surface area contributed by atoms with Crippen molar-refractivity contribution in [1.82, 2.24) is 15.2 Å². The summed E-state index contributed by atoms with van der Waals surface area (Å²) in [5.74, 6) is 0.635. The van der Waals surface area contributed by atoms with Crippen molar-refractivity contribution >= 4 is 23.2 Å². The quantitative estimate of drug-likeness (QED) is 0.462. The van der Waals surface area contributed by atoms with Gasteiger partial charge in [-0.3, -0.25) is 9.59 Å². The van der Waals surface area contributed by atoms with Crippen LogP contribution in [0.3, 0.4) is 0 Å². The molecule has 3 aromatic rings. The van der Waals surface area contributed by atoms with Gasteiger partial charge >= 0.3 is 0 Å². The summed E-state index contributed by atoms with van der Waals surface area (Å²) in [7, 11) is 0. The minimum absolute atomic E-state index is 0.0522. The number of piperidine rings is 1. The Morgan fingerprint density at radius 2 is 1.81 bits per heavy atom. The van der Waals surface area contributed by atoms with Crippen LogP contribution in [0.5, 0.6) is 5.75 Å². The van der Waals surface area contributed by atoms with Crippen LogP contribution in [0, 0.1) is 19.7 Å². The zero-order chi connectivity index (χ0) is 25.7. The van der Waals surface area contributed by atoms with Gasteiger partial charge in [-0.25, -0.2) is 9.37 Å². The predicted molar refractivity (Wildman–Crippen MR) is 139 cm³/mol. The van der Waals surface area contributed by atoms with Gasteiger partial charge in [0.05, 0.1) is 17.5 Å². The first-order valence-corrected chi connectivity index (χ1v) is 13.2. The Morgan fingerprint density at radius 1 is 1.14 bits per heavy atom. The molecule has 0 aliphatic carbocycles. The predicted octanol–water partition coefficient (Wildman–Crippen LogP) is 5.05. The Kier molecular flexibility index (Phi) is 8.36. The number of carbonyl (C=O) groups excluding carboxylic acids is 2. The zero-order valence-corrected chi connectivity index (χ0v) is 21.7. The van der Waals surface area contributed by atoms with E-state index in [9.17, 15) is 14.0 Å². The van der Waals surface area contributed by atoms with Crippen molar-refractivity contribution in [2.24, 2.45) is 0 Å². The van der Waals surface area contributed by atoms with E-state index in [0.717, 1.165) is 40.3 Å². The molecule has 0 spiro atoms. The maximum Gasteiger partial charge on any atom is 0.271 e. The van der Waals surface area contributed by atoms with Crippen LogP contribution in [0.2, 0.25) is 0 Å². The lowest BCUT2D eigenvalue weighted by molar-refractivity contribution is -0.131. The average molecular weight is 510 g/mol. The van der Waals surface area contributed by atoms with Gasteiger partial charge in [-0.2, -0.15) is 0 Å². The molecule has 36 heavy (non-hydrogen) atoms. The van der Waals surface area contributed by atoms with E-state index >= 15 is 0 Å². The molecular formula is C28H32FN3O3S. The van der Waals surface area contributed by atoms with Crippen molar-refractivity contribution < 1.29 is 18.7 Å². The van der Waals surface area contributed by atoms with E-state index in [-0.39, 0.29) is 36.0 Å². The summed E-state index contributed by atoms with van der Waals surface area (Å²) in [4.78, 5) is 31.8. The summed E-state index contributed by atoms with van der Waals surface area (Å²) in [5.41, 5.74) is 3.37. The number of nitrogens with one attached hydrogen (secondary N) is 1. The largest absolute Gasteiger partial charge is 0.491 e. The number of likely N-dealkylation sites (tertiary alicyclic amines) is 1. The van der Waals surface area contributed by atoms with Gasteiger partial charge < -0.3 is 15.0 Å². The summed E-state index contributed by atoms with van der Waals surface area (Å²) in [6.07, 6.45) is 1.89. The molecule has 1 fully saturated rings. The number of benzene rings is 2. The maximum atomic E-state index is 13.1. The molecule has 0 radical (unpaired) electrons. The molecule has 1 unspecified atom stereocenters. The fourth-order valence-corrected chi connectivity index (χ4v) is 5.39. The lowest BCUT2D eigenvalue weighted by atomic mass is 9.97. The Bertz CT molecular complexity index is 1180. The van der Waals surface area contributed by atoms with Gasteiger partial charge in [-0.05, 0) is 62.4 Å². The summed E-state index contributed by atoms with van der Waals surface area (Å²) in [5, 5.41) is 5.71. The highest BCUT2D eigenvalue weighted by molar-refractivity contribution is 7.09. The van der Waals surface area contributed by atoms with Gasteiger partial charge in [0.1, 0.15) is 23.9 Å². The van der Waals surface area contributed by atoms with Crippen molar-refractivity contribution in [2.45, 2.75) is 52.0 Å². The van der Waals surface area contributed by atoms with E-state index < -0.39 is 0 Å². The summed E-state index contributed by atoms with van der Waals surface area (Å²) in [6, 6.07) is 11.9. The molecule has 1 saturated heterocycles. The molecule has 6 nitrogen and oxygen atoms in total. The van der Waals surface area contributed by atoms with Crippen LogP contribution >= 0.6 is 11.3 Å². The van der Waals surface area contributed by atoms with Crippen LogP contribution < -0.4 is 10.1 Å². The van der Waals surface area contributed by atoms with Crippen LogP contribution in [-0.2, 0) is 11.2 Å². The van der Waals surface area contributed by atoms with Crippen LogP contribution in [0.1, 0.15) is 57.9 Å². The van der Waals surface area contributed by atoms with Crippen molar-refractivity contribution in [3.05, 3.63) is 81.1 Å². The van der Waals surface area contributed by atoms with Gasteiger partial charge in [0.25, 0.3) is 5.91 Å². The van der Waals surface area contributed by atoms with Gasteiger partial charge in [-0.1, -0.05) is 30.3 Å². The normalized spacial score (nSPS) is 14.9. The summed E-state index contributed by atoms with van der Waals surface area (Å²) >= 11 is 1.50. The SMILES string of the molecule is Cc1cccc(C)c1OCC(C)NC(=O)c1csc(C2CCN(C(=O)Cc3ccc(F)cc3)CC2)n1. The number of thiazole rings is 1. The second-order valence-corrected chi connectivity index (χ2v) is 10.3. The monoisotopic (exact) mass is 509 g/mol. The number of para-hydroxylation sites is 1. The molecule has 1 N–H and O–H groups in total. The molecule has 1 atom stereocenters. The lowest BCUT2D eigenvalue weighted by Crippen LogP contribution is -2.39. The highest BCUT2D eigenvalue weighted by Gasteiger charge is 2.26. The number of rotatable bonds is 8. The molecule has 4 rings (SSSR count). The molecule has 190 valence electrons. The summed E-state index contributed by atoms with van der Waals surface area (Å²) in [6.45, 7) is 7.61. The fraction of sp³-hybridized carbons (Fsp3) is 0.393. The Hall–Kier alpha value is -3.26. The number of halogens is 1. The van der Waals surface area contributed by atoms with E-state index in [1.165, 1.54) is 23.5 Å². The van der Waals surface area contributed by atoms with Gasteiger partial charge in [0.15, 0.2) is 0 Å². The molecule has 1 aromatic heterocycles. The molecule has 0 bridgehead atoms. The molecule has 1 aliphatic rings. The van der Waals surface area contributed by atoms with E-state index in [2.05, 4.69) is 10.3 Å². The zero-order valence-electron chi connectivity index (χ0n) is 20.9. The maximum absolute atomic E-state index is 13.1. The third kappa shape index (κ3) is 6.49. The van der Waals surface area contributed by atoms with E-state index in [1.807, 2.05) is 43.9 Å². The smallest absolute Gasteiger partial charge is 0.271 e. The highest BCUT2D eigenvalue weighted by Crippen LogP contribution is 2.30. The number of carbonyl (C=O) groups is 2. The van der Waals surface area contributed by atoms with Crippen molar-refractivity contribution in [1.29, 1.82) is 0 Å². The second kappa shape index (κ2) is 11.6. The number of hydrogen-bond acceptors (Lipinski definition) is 5. The molecule has 2 aromatic carbocycles. The van der Waals surface area contributed by atoms with Crippen LogP contribution in [0.4, 0.5) is 4.39 Å². The molecule has 8 heteroatoms. The van der Waals surface area contributed by atoms with Crippen LogP contribution in [0.15, 0.2) is 47.8 Å². The summed E-state index contributed by atoms with van der Waals surface area (Å²) < 4.78 is 19.0. The number of amides is 2. The lowest BCUT2D eigenvalue weighted by Gasteiger charge is -2.31. The number of ether oxygens (including phenoxy) is 1. The first-order chi connectivity index (χ1) is 17.3. The van der Waals surface area contributed by atoms with Gasteiger partial charge in [-0.15, -0.1) is 11.3 Å². The average Bonchev–Trinajstić information content (AvgIpc) is 3.36. The topological polar surface area (TPSA) is 71.5 Å². The fourth-order valence-electron chi connectivity index (χ4n) is 4.42. The number of nitrogens with zero attached hydrogens (tertiary/aromatic N) is 2. The van der Waals surface area contributed by atoms with Crippen molar-refractivity contribution in [2.75, 3.05) is 19.7 Å². The Balaban J connectivity index is 1.24. The number of aryl methyl sites for hydroxylation is 2. The van der Waals surface area contributed by atoms with Crippen molar-refractivity contribution in [3.8, 4) is 5.75 Å². The minimum Gasteiger partial charge on any atom is -0.491 e. The van der Waals surface area contributed by atoms with Crippen LogP contribution in [0.25, 0.3) is 0 Å². The minimum atomic E-state index is -0.302. The van der Waals surface area contributed by atoms with E-state index in [0.29, 0.717) is 25.4 Å². The third-order valence-electron chi connectivity index (χ3n) is 6.48. The second-order valence-electron chi connectivity index (χ2n) is 9.44. The van der Waals surface area contributed by atoms with E-state index in [4.69, 9.17) is 4.74 Å². The van der Waals surface area contributed by atoms with Gasteiger partial charge in [0, 0.05) is 24.4 Å². The first kappa shape index (κ1) is 25.8. The van der Waals surface area contributed by atoms with E-state index in [1.54, 1.807) is 17.5 Å². The Labute approximate surface area is 215 Å².